The Morgan fingerprint density at radius 1 is 1.11 bits per heavy atom. The molecule has 2 aromatic heterocycles. The molecular weight excluding hydrogens is 494 g/mol. The second-order valence-electron chi connectivity index (χ2n) is 10.3. The van der Waals surface area contributed by atoms with Crippen molar-refractivity contribution in [3.05, 3.63) is 70.1 Å². The lowest BCUT2D eigenvalue weighted by Crippen LogP contribution is -2.30. The van der Waals surface area contributed by atoms with E-state index in [4.69, 9.17) is 5.73 Å². The number of hydrogen-bond acceptors (Lipinski definition) is 7. The van der Waals surface area contributed by atoms with Crippen LogP contribution in [0, 0.1) is 17.0 Å². The fourth-order valence-corrected chi connectivity index (χ4v) is 5.22. The summed E-state index contributed by atoms with van der Waals surface area (Å²) in [5.41, 5.74) is 7.55. The van der Waals surface area contributed by atoms with Gasteiger partial charge in [-0.15, -0.1) is 5.10 Å². The Bertz CT molecular complexity index is 1620. The number of halogens is 2. The SMILES string of the molecule is CC(C)n1nnc2c(N3C[C@H](N)C4(CC4)C3)c(NC(=O)c3ccc(=O)n(-c4c(F)cccc4F)n3)ccc21. The molecule has 3 N–H and O–H groups in total. The molecule has 1 aliphatic carbocycles. The van der Waals surface area contributed by atoms with Crippen LogP contribution in [0.2, 0.25) is 0 Å². The van der Waals surface area contributed by atoms with Gasteiger partial charge in [0, 0.05) is 36.7 Å². The average molecular weight is 521 g/mol. The van der Waals surface area contributed by atoms with E-state index in [0.717, 1.165) is 43.1 Å². The maximum Gasteiger partial charge on any atom is 0.276 e. The Labute approximate surface area is 216 Å². The summed E-state index contributed by atoms with van der Waals surface area (Å²) < 4.78 is 31.1. The molecule has 4 aromatic rings. The van der Waals surface area contributed by atoms with E-state index in [1.54, 1.807) is 6.07 Å². The Balaban J connectivity index is 1.40. The number of nitrogens with one attached hydrogen (secondary N) is 1. The minimum absolute atomic E-state index is 0.00217. The van der Waals surface area contributed by atoms with Gasteiger partial charge in [0.1, 0.15) is 16.9 Å². The number of anilines is 2. The van der Waals surface area contributed by atoms with E-state index < -0.39 is 28.8 Å². The highest BCUT2D eigenvalue weighted by molar-refractivity contribution is 6.08. The first-order valence-electron chi connectivity index (χ1n) is 12.4. The van der Waals surface area contributed by atoms with Crippen molar-refractivity contribution >= 4 is 28.3 Å². The van der Waals surface area contributed by atoms with Gasteiger partial charge in [-0.1, -0.05) is 11.3 Å². The van der Waals surface area contributed by atoms with Gasteiger partial charge < -0.3 is 16.0 Å². The number of hydrogen-bond donors (Lipinski definition) is 2. The molecule has 1 saturated carbocycles. The van der Waals surface area contributed by atoms with Gasteiger partial charge in [-0.2, -0.15) is 9.78 Å². The van der Waals surface area contributed by atoms with E-state index in [9.17, 15) is 18.4 Å². The van der Waals surface area contributed by atoms with Crippen LogP contribution in [0.15, 0.2) is 47.3 Å². The largest absolute Gasteiger partial charge is 0.366 e. The van der Waals surface area contributed by atoms with E-state index in [1.165, 1.54) is 12.1 Å². The van der Waals surface area contributed by atoms with E-state index in [1.807, 2.05) is 24.6 Å². The molecule has 2 aliphatic rings. The molecule has 2 fully saturated rings. The number of aromatic nitrogens is 5. The van der Waals surface area contributed by atoms with Gasteiger partial charge in [-0.3, -0.25) is 9.59 Å². The number of nitrogens with two attached hydrogens (primary N) is 1. The lowest BCUT2D eigenvalue weighted by Gasteiger charge is -2.23. The lowest BCUT2D eigenvalue weighted by atomic mass is 10.0. The molecule has 6 rings (SSSR count). The molecule has 1 amide bonds. The maximum atomic E-state index is 14.4. The Kier molecular flexibility index (Phi) is 5.53. The number of rotatable bonds is 5. The van der Waals surface area contributed by atoms with Crippen molar-refractivity contribution in [2.75, 3.05) is 23.3 Å². The molecule has 38 heavy (non-hydrogen) atoms. The van der Waals surface area contributed by atoms with Crippen LogP contribution in [-0.2, 0) is 0 Å². The standard InChI is InChI=1S/C26H26F2N8O2/c1-14(2)35-19-8-6-17(24(22(19)31-33-35)34-12-20(29)26(13-34)10-11-26)30-25(38)18-7-9-21(37)36(32-18)23-15(27)4-3-5-16(23)28/h3-9,14,20H,10-13,29H2,1-2H3,(H,30,38)/t20-/m0/s1. The third kappa shape index (κ3) is 3.83. The quantitative estimate of drug-likeness (QED) is 0.415. The van der Waals surface area contributed by atoms with E-state index in [0.29, 0.717) is 28.1 Å². The van der Waals surface area contributed by atoms with Crippen molar-refractivity contribution in [1.82, 2.24) is 24.8 Å². The zero-order valence-electron chi connectivity index (χ0n) is 20.9. The summed E-state index contributed by atoms with van der Waals surface area (Å²) >= 11 is 0. The third-order valence-corrected chi connectivity index (χ3v) is 7.46. The monoisotopic (exact) mass is 520 g/mol. The fourth-order valence-electron chi connectivity index (χ4n) is 5.22. The second-order valence-corrected chi connectivity index (χ2v) is 10.3. The first kappa shape index (κ1) is 24.2. The number of nitrogens with zero attached hydrogens (tertiary/aromatic N) is 6. The van der Waals surface area contributed by atoms with Gasteiger partial charge >= 0.3 is 0 Å². The molecule has 10 nitrogen and oxygen atoms in total. The first-order valence-corrected chi connectivity index (χ1v) is 12.4. The number of para-hydroxylation sites is 1. The van der Waals surface area contributed by atoms with Crippen molar-refractivity contribution < 1.29 is 13.6 Å². The van der Waals surface area contributed by atoms with Crippen LogP contribution in [0.25, 0.3) is 16.7 Å². The molecule has 2 aromatic carbocycles. The normalized spacial score (nSPS) is 18.1. The Morgan fingerprint density at radius 2 is 1.84 bits per heavy atom. The number of carbonyl (C=O) groups excluding carboxylic acids is 1. The molecule has 0 bridgehead atoms. The molecule has 12 heteroatoms. The van der Waals surface area contributed by atoms with Crippen LogP contribution in [0.3, 0.4) is 0 Å². The summed E-state index contributed by atoms with van der Waals surface area (Å²) in [4.78, 5) is 27.9. The summed E-state index contributed by atoms with van der Waals surface area (Å²) in [5.74, 6) is -2.60. The fraction of sp³-hybridized carbons (Fsp3) is 0.346. The summed E-state index contributed by atoms with van der Waals surface area (Å²) in [6.45, 7) is 5.35. The van der Waals surface area contributed by atoms with Gasteiger partial charge in [0.05, 0.1) is 16.9 Å². The van der Waals surface area contributed by atoms with Crippen molar-refractivity contribution in [3.63, 3.8) is 0 Å². The molecule has 0 unspecified atom stereocenters. The summed E-state index contributed by atoms with van der Waals surface area (Å²) in [5, 5.41) is 15.6. The van der Waals surface area contributed by atoms with Crippen LogP contribution in [0.1, 0.15) is 43.2 Å². The van der Waals surface area contributed by atoms with Crippen molar-refractivity contribution in [1.29, 1.82) is 0 Å². The van der Waals surface area contributed by atoms with Crippen LogP contribution in [-0.4, -0.2) is 49.8 Å². The zero-order valence-corrected chi connectivity index (χ0v) is 20.9. The van der Waals surface area contributed by atoms with Crippen molar-refractivity contribution in [2.45, 2.75) is 38.8 Å². The highest BCUT2D eigenvalue weighted by atomic mass is 19.1. The molecule has 1 spiro atoms. The molecule has 1 atom stereocenters. The second kappa shape index (κ2) is 8.69. The van der Waals surface area contributed by atoms with Crippen molar-refractivity contribution in [3.8, 4) is 5.69 Å². The van der Waals surface area contributed by atoms with Crippen LogP contribution >= 0.6 is 0 Å². The van der Waals surface area contributed by atoms with Crippen LogP contribution < -0.4 is 21.5 Å². The Morgan fingerprint density at radius 3 is 2.50 bits per heavy atom. The van der Waals surface area contributed by atoms with Crippen LogP contribution in [0.4, 0.5) is 20.2 Å². The number of fused-ring (bicyclic) bond motifs is 1. The summed E-state index contributed by atoms with van der Waals surface area (Å²) in [6.07, 6.45) is 2.11. The minimum Gasteiger partial charge on any atom is -0.366 e. The van der Waals surface area contributed by atoms with Crippen molar-refractivity contribution in [2.24, 2.45) is 11.1 Å². The van der Waals surface area contributed by atoms with Gasteiger partial charge in [0.25, 0.3) is 11.5 Å². The molecule has 0 radical (unpaired) electrons. The number of benzene rings is 2. The van der Waals surface area contributed by atoms with Gasteiger partial charge in [-0.05, 0) is 57.0 Å². The van der Waals surface area contributed by atoms with Gasteiger partial charge in [-0.25, -0.2) is 13.5 Å². The smallest absolute Gasteiger partial charge is 0.276 e. The zero-order chi connectivity index (χ0) is 26.8. The molecule has 1 aliphatic heterocycles. The summed E-state index contributed by atoms with van der Waals surface area (Å²) in [6, 6.07) is 9.15. The highest BCUT2D eigenvalue weighted by Crippen LogP contribution is 2.54. The number of carbonyl (C=O) groups is 1. The molecule has 1 saturated heterocycles. The maximum absolute atomic E-state index is 14.4. The predicted molar refractivity (Wildman–Crippen MR) is 137 cm³/mol. The van der Waals surface area contributed by atoms with E-state index >= 15 is 0 Å². The highest BCUT2D eigenvalue weighted by Gasteiger charge is 2.54. The molecule has 196 valence electrons. The van der Waals surface area contributed by atoms with Gasteiger partial charge in [0.2, 0.25) is 0 Å². The minimum atomic E-state index is -0.975. The van der Waals surface area contributed by atoms with Crippen LogP contribution in [0.5, 0.6) is 0 Å². The first-order chi connectivity index (χ1) is 18.2. The van der Waals surface area contributed by atoms with Gasteiger partial charge in [0.15, 0.2) is 11.6 Å². The molecule has 3 heterocycles. The summed E-state index contributed by atoms with van der Waals surface area (Å²) in [7, 11) is 0. The third-order valence-electron chi connectivity index (χ3n) is 7.46. The van der Waals surface area contributed by atoms with E-state index in [2.05, 4.69) is 25.6 Å². The topological polar surface area (TPSA) is 124 Å². The molecular formula is C26H26F2N8O2. The lowest BCUT2D eigenvalue weighted by molar-refractivity contribution is 0.102. The Hall–Kier alpha value is -4.19. The average Bonchev–Trinajstić information content (AvgIpc) is 3.41. The predicted octanol–water partition coefficient (Wildman–Crippen LogP) is 3.02. The number of amides is 1. The van der Waals surface area contributed by atoms with E-state index in [-0.39, 0.29) is 23.2 Å².